The zero-order chi connectivity index (χ0) is 17.8. The Labute approximate surface area is 126 Å². The van der Waals surface area contributed by atoms with Crippen molar-refractivity contribution in [2.24, 2.45) is 0 Å². The maximum absolute atomic E-state index is 13.5. The first-order valence-corrected chi connectivity index (χ1v) is 6.39. The Kier molecular flexibility index (Phi) is 6.17. The number of ether oxygens (including phenoxy) is 1. The highest BCUT2D eigenvalue weighted by Crippen LogP contribution is 2.37. The van der Waals surface area contributed by atoms with Gasteiger partial charge in [-0.1, -0.05) is 13.3 Å². The van der Waals surface area contributed by atoms with Gasteiger partial charge in [0.25, 0.3) is 0 Å². The normalized spacial score (nSPS) is 12.0. The number of benzene rings is 1. The summed E-state index contributed by atoms with van der Waals surface area (Å²) < 4.78 is 95.4. The topological polar surface area (TPSA) is 26.3 Å². The van der Waals surface area contributed by atoms with Crippen LogP contribution in [-0.4, -0.2) is 12.6 Å². The molecule has 0 atom stereocenters. The number of carbonyl (C=O) groups is 1. The van der Waals surface area contributed by atoms with E-state index < -0.39 is 46.5 Å². The van der Waals surface area contributed by atoms with Crippen LogP contribution in [0.2, 0.25) is 0 Å². The molecule has 0 radical (unpaired) electrons. The van der Waals surface area contributed by atoms with E-state index in [9.17, 15) is 35.5 Å². The third kappa shape index (κ3) is 4.46. The number of alkyl halides is 3. The Hall–Kier alpha value is -2.06. The second-order valence-corrected chi connectivity index (χ2v) is 4.40. The molecule has 0 aliphatic rings. The average molecular weight is 344 g/mol. The lowest BCUT2D eigenvalue weighted by Crippen LogP contribution is -2.16. The summed E-state index contributed by atoms with van der Waals surface area (Å²) in [4.78, 5) is 11.2. The monoisotopic (exact) mass is 344 g/mol. The van der Waals surface area contributed by atoms with Crippen LogP contribution in [0, 0.1) is 23.3 Å². The molecule has 0 unspecified atom stereocenters. The summed E-state index contributed by atoms with van der Waals surface area (Å²) in [7, 11) is 0. The fourth-order valence-electron chi connectivity index (χ4n) is 1.56. The Balaban J connectivity index is 3.17. The molecule has 0 amide bonds. The Morgan fingerprint density at radius 3 is 2.00 bits per heavy atom. The van der Waals surface area contributed by atoms with Gasteiger partial charge in [0, 0.05) is 6.08 Å². The lowest BCUT2D eigenvalue weighted by Gasteiger charge is -2.12. The molecule has 0 aliphatic carbocycles. The van der Waals surface area contributed by atoms with E-state index in [1.165, 1.54) is 0 Å². The van der Waals surface area contributed by atoms with E-state index in [0.717, 1.165) is 0 Å². The molecule has 9 heteroatoms. The molecule has 0 spiro atoms. The van der Waals surface area contributed by atoms with Crippen molar-refractivity contribution in [3.05, 3.63) is 40.5 Å². The standard InChI is InChI=1S/C14H11F7O2/c1-2-3-6-23-8(22)5-4-7-10(15)12(17)9(14(19,20)21)13(18)11(7)16/h4-5H,2-3,6H2,1H3/b5-4+. The molecule has 128 valence electrons. The molecule has 0 bridgehead atoms. The third-order valence-corrected chi connectivity index (χ3v) is 2.71. The molecule has 2 nitrogen and oxygen atoms in total. The summed E-state index contributed by atoms with van der Waals surface area (Å²) in [5.41, 5.74) is -4.12. The second-order valence-electron chi connectivity index (χ2n) is 4.40. The van der Waals surface area contributed by atoms with Gasteiger partial charge in [0.15, 0.2) is 23.3 Å². The van der Waals surface area contributed by atoms with Crippen LogP contribution < -0.4 is 0 Å². The maximum atomic E-state index is 13.5. The lowest BCUT2D eigenvalue weighted by atomic mass is 10.1. The minimum Gasteiger partial charge on any atom is -0.463 e. The molecule has 0 aromatic heterocycles. The molecule has 0 saturated heterocycles. The number of esters is 1. The molecule has 1 aromatic rings. The van der Waals surface area contributed by atoms with Crippen molar-refractivity contribution in [2.75, 3.05) is 6.61 Å². The highest BCUT2D eigenvalue weighted by atomic mass is 19.4. The van der Waals surface area contributed by atoms with Crippen molar-refractivity contribution < 1.29 is 40.3 Å². The molecule has 0 aliphatic heterocycles. The Morgan fingerprint density at radius 1 is 1.04 bits per heavy atom. The molecule has 0 N–H and O–H groups in total. The summed E-state index contributed by atoms with van der Waals surface area (Å²) >= 11 is 0. The zero-order valence-corrected chi connectivity index (χ0v) is 11.7. The van der Waals surface area contributed by atoms with E-state index in [0.29, 0.717) is 25.0 Å². The Bertz CT molecular complexity index is 592. The van der Waals surface area contributed by atoms with Crippen LogP contribution in [0.15, 0.2) is 6.08 Å². The van der Waals surface area contributed by atoms with Gasteiger partial charge in [-0.2, -0.15) is 13.2 Å². The van der Waals surface area contributed by atoms with Gasteiger partial charge in [0.1, 0.15) is 5.56 Å². The first-order valence-electron chi connectivity index (χ1n) is 6.39. The molecular formula is C14H11F7O2. The SMILES string of the molecule is CCCCOC(=O)/C=C/c1c(F)c(F)c(C(F)(F)F)c(F)c1F. The zero-order valence-electron chi connectivity index (χ0n) is 11.7. The van der Waals surface area contributed by atoms with E-state index in [1.54, 1.807) is 0 Å². The average Bonchev–Trinajstić information content (AvgIpc) is 2.44. The van der Waals surface area contributed by atoms with Gasteiger partial charge >= 0.3 is 12.1 Å². The molecule has 23 heavy (non-hydrogen) atoms. The number of hydrogen-bond acceptors (Lipinski definition) is 2. The molecule has 0 fully saturated rings. The van der Waals surface area contributed by atoms with Crippen LogP contribution in [0.5, 0.6) is 0 Å². The maximum Gasteiger partial charge on any atom is 0.422 e. The molecule has 0 heterocycles. The quantitative estimate of drug-likeness (QED) is 0.256. The van der Waals surface area contributed by atoms with E-state index in [2.05, 4.69) is 4.74 Å². The minimum atomic E-state index is -5.61. The van der Waals surface area contributed by atoms with Crippen molar-refractivity contribution >= 4 is 12.0 Å². The van der Waals surface area contributed by atoms with Crippen LogP contribution in [0.1, 0.15) is 30.9 Å². The van der Waals surface area contributed by atoms with E-state index in [1.807, 2.05) is 6.92 Å². The van der Waals surface area contributed by atoms with E-state index >= 15 is 0 Å². The summed E-state index contributed by atoms with van der Waals surface area (Å²) in [5, 5.41) is 0. The summed E-state index contributed by atoms with van der Waals surface area (Å²) in [6.45, 7) is 1.82. The van der Waals surface area contributed by atoms with Crippen LogP contribution in [0.4, 0.5) is 30.7 Å². The number of hydrogen-bond donors (Lipinski definition) is 0. The van der Waals surface area contributed by atoms with Crippen molar-refractivity contribution in [3.8, 4) is 0 Å². The van der Waals surface area contributed by atoms with Crippen molar-refractivity contribution in [1.29, 1.82) is 0 Å². The smallest absolute Gasteiger partial charge is 0.422 e. The second kappa shape index (κ2) is 7.47. The van der Waals surface area contributed by atoms with Crippen LogP contribution in [0.3, 0.4) is 0 Å². The van der Waals surface area contributed by atoms with Gasteiger partial charge in [-0.05, 0) is 12.5 Å². The summed E-state index contributed by atoms with van der Waals surface area (Å²) in [6, 6.07) is 0. The number of carbonyl (C=O) groups excluding carboxylic acids is 1. The predicted molar refractivity (Wildman–Crippen MR) is 66.2 cm³/mol. The van der Waals surface area contributed by atoms with Gasteiger partial charge < -0.3 is 4.74 Å². The van der Waals surface area contributed by atoms with Gasteiger partial charge in [-0.3, -0.25) is 0 Å². The van der Waals surface area contributed by atoms with Gasteiger partial charge in [0.2, 0.25) is 0 Å². The first-order chi connectivity index (χ1) is 10.6. The van der Waals surface area contributed by atoms with Crippen LogP contribution >= 0.6 is 0 Å². The van der Waals surface area contributed by atoms with E-state index in [-0.39, 0.29) is 6.61 Å². The first kappa shape index (κ1) is 19.0. The number of unbranched alkanes of at least 4 members (excludes halogenated alkanes) is 1. The van der Waals surface area contributed by atoms with Crippen molar-refractivity contribution in [1.82, 2.24) is 0 Å². The Morgan fingerprint density at radius 2 is 1.57 bits per heavy atom. The fourth-order valence-corrected chi connectivity index (χ4v) is 1.56. The largest absolute Gasteiger partial charge is 0.463 e. The van der Waals surface area contributed by atoms with Crippen molar-refractivity contribution in [2.45, 2.75) is 25.9 Å². The lowest BCUT2D eigenvalue weighted by molar-refractivity contribution is -0.143. The van der Waals surface area contributed by atoms with Gasteiger partial charge in [0.05, 0.1) is 12.2 Å². The predicted octanol–water partition coefficient (Wildman–Crippen LogP) is 4.62. The number of halogens is 7. The fraction of sp³-hybridized carbons (Fsp3) is 0.357. The van der Waals surface area contributed by atoms with Crippen molar-refractivity contribution in [3.63, 3.8) is 0 Å². The van der Waals surface area contributed by atoms with Gasteiger partial charge in [-0.25, -0.2) is 22.4 Å². The van der Waals surface area contributed by atoms with E-state index in [4.69, 9.17) is 0 Å². The number of rotatable bonds is 5. The molecule has 1 rings (SSSR count). The molecule has 1 aromatic carbocycles. The van der Waals surface area contributed by atoms with Crippen LogP contribution in [0.25, 0.3) is 6.08 Å². The molecular weight excluding hydrogens is 333 g/mol. The minimum absolute atomic E-state index is 0.0143. The highest BCUT2D eigenvalue weighted by Gasteiger charge is 2.41. The summed E-state index contributed by atoms with van der Waals surface area (Å²) in [6.07, 6.45) is -3.62. The summed E-state index contributed by atoms with van der Waals surface area (Å²) in [5.74, 6) is -10.7. The molecule has 0 saturated carbocycles. The van der Waals surface area contributed by atoms with Gasteiger partial charge in [-0.15, -0.1) is 0 Å². The van der Waals surface area contributed by atoms with Crippen LogP contribution in [-0.2, 0) is 15.7 Å². The third-order valence-electron chi connectivity index (χ3n) is 2.71. The highest BCUT2D eigenvalue weighted by molar-refractivity contribution is 5.87.